The Labute approximate surface area is 88.6 Å². The first-order chi connectivity index (χ1) is 7.34. The van der Waals surface area contributed by atoms with Crippen LogP contribution in [0.1, 0.15) is 12.0 Å². The largest absolute Gasteiger partial charge is 0.347 e. The number of fused-ring (bicyclic) bond motifs is 1. The molecule has 0 spiro atoms. The van der Waals surface area contributed by atoms with E-state index >= 15 is 0 Å². The van der Waals surface area contributed by atoms with Gasteiger partial charge in [-0.05, 0) is 12.0 Å². The van der Waals surface area contributed by atoms with Crippen LogP contribution >= 0.6 is 0 Å². The van der Waals surface area contributed by atoms with E-state index in [1.165, 1.54) is 5.56 Å². The first-order valence-corrected chi connectivity index (χ1v) is 5.33. The number of ether oxygens (including phenoxy) is 1. The minimum atomic E-state index is 0.0983. The van der Waals surface area contributed by atoms with Gasteiger partial charge < -0.3 is 9.64 Å². The van der Waals surface area contributed by atoms with Crippen molar-refractivity contribution in [1.29, 1.82) is 0 Å². The molecule has 2 aliphatic heterocycles. The zero-order valence-electron chi connectivity index (χ0n) is 8.43. The number of carbonyl (C=O) groups is 1. The Kier molecular flexibility index (Phi) is 1.99. The van der Waals surface area contributed by atoms with Gasteiger partial charge in [0.25, 0.3) is 0 Å². The number of rotatable bonds is 3. The zero-order chi connectivity index (χ0) is 10.3. The van der Waals surface area contributed by atoms with E-state index in [1.54, 1.807) is 0 Å². The van der Waals surface area contributed by atoms with E-state index < -0.39 is 0 Å². The summed E-state index contributed by atoms with van der Waals surface area (Å²) in [4.78, 5) is 13.3. The Balaban J connectivity index is 1.60. The summed E-state index contributed by atoms with van der Waals surface area (Å²) >= 11 is 0. The van der Waals surface area contributed by atoms with E-state index in [0.717, 1.165) is 13.0 Å². The first kappa shape index (κ1) is 8.92. The summed E-state index contributed by atoms with van der Waals surface area (Å²) in [6.45, 7) is 0.782. The SMILES string of the molecule is O=C1C[C@@H]2O[C@@H]2N1CCc1ccccc1. The molecular weight excluding hydrogens is 190 g/mol. The fourth-order valence-electron chi connectivity index (χ4n) is 2.13. The summed E-state index contributed by atoms with van der Waals surface area (Å²) in [6, 6.07) is 10.2. The van der Waals surface area contributed by atoms with E-state index in [0.29, 0.717) is 6.42 Å². The first-order valence-electron chi connectivity index (χ1n) is 5.33. The topological polar surface area (TPSA) is 32.8 Å². The molecule has 0 unspecified atom stereocenters. The van der Waals surface area contributed by atoms with Gasteiger partial charge in [0, 0.05) is 6.54 Å². The third-order valence-corrected chi connectivity index (χ3v) is 3.04. The number of carbonyl (C=O) groups excluding carboxylic acids is 1. The molecule has 1 amide bonds. The highest BCUT2D eigenvalue weighted by Gasteiger charge is 2.53. The molecule has 0 saturated carbocycles. The lowest BCUT2D eigenvalue weighted by atomic mass is 10.1. The van der Waals surface area contributed by atoms with Crippen LogP contribution in [-0.2, 0) is 16.0 Å². The second-order valence-corrected chi connectivity index (χ2v) is 4.09. The Morgan fingerprint density at radius 2 is 2.13 bits per heavy atom. The molecule has 78 valence electrons. The van der Waals surface area contributed by atoms with Gasteiger partial charge >= 0.3 is 0 Å². The molecule has 3 nitrogen and oxygen atoms in total. The Morgan fingerprint density at radius 3 is 2.80 bits per heavy atom. The van der Waals surface area contributed by atoms with Gasteiger partial charge in [-0.25, -0.2) is 0 Å². The number of likely N-dealkylation sites (tertiary alicyclic amines) is 1. The van der Waals surface area contributed by atoms with Crippen molar-refractivity contribution in [3.8, 4) is 0 Å². The number of nitrogens with zero attached hydrogens (tertiary/aromatic N) is 1. The molecule has 1 aromatic rings. The molecule has 2 fully saturated rings. The van der Waals surface area contributed by atoms with Gasteiger partial charge in [-0.15, -0.1) is 0 Å². The molecule has 0 aromatic heterocycles. The Bertz CT molecular complexity index is 376. The van der Waals surface area contributed by atoms with Crippen molar-refractivity contribution in [3.05, 3.63) is 35.9 Å². The molecule has 1 aromatic carbocycles. The predicted molar refractivity (Wildman–Crippen MR) is 55.1 cm³/mol. The van der Waals surface area contributed by atoms with Crippen molar-refractivity contribution in [2.45, 2.75) is 25.2 Å². The summed E-state index contributed by atoms with van der Waals surface area (Å²) in [5, 5.41) is 0. The number of benzene rings is 1. The van der Waals surface area contributed by atoms with Crippen molar-refractivity contribution in [1.82, 2.24) is 4.90 Å². The van der Waals surface area contributed by atoms with Crippen LogP contribution in [0.3, 0.4) is 0 Å². The maximum atomic E-state index is 11.5. The molecule has 0 aliphatic carbocycles. The summed E-state index contributed by atoms with van der Waals surface area (Å²) in [6.07, 6.45) is 1.80. The van der Waals surface area contributed by atoms with Crippen molar-refractivity contribution in [2.75, 3.05) is 6.54 Å². The second kappa shape index (κ2) is 3.35. The lowest BCUT2D eigenvalue weighted by molar-refractivity contribution is -0.132. The van der Waals surface area contributed by atoms with Crippen molar-refractivity contribution >= 4 is 5.91 Å². The molecule has 3 heteroatoms. The molecule has 15 heavy (non-hydrogen) atoms. The van der Waals surface area contributed by atoms with Gasteiger partial charge in [-0.3, -0.25) is 4.79 Å². The van der Waals surface area contributed by atoms with Gasteiger partial charge in [-0.2, -0.15) is 0 Å². The van der Waals surface area contributed by atoms with Crippen LogP contribution in [0, 0.1) is 0 Å². The van der Waals surface area contributed by atoms with E-state index in [1.807, 2.05) is 23.1 Å². The van der Waals surface area contributed by atoms with Gasteiger partial charge in [-0.1, -0.05) is 30.3 Å². The van der Waals surface area contributed by atoms with Crippen molar-refractivity contribution in [2.24, 2.45) is 0 Å². The van der Waals surface area contributed by atoms with Crippen LogP contribution in [0.4, 0.5) is 0 Å². The van der Waals surface area contributed by atoms with Crippen LogP contribution in [0.15, 0.2) is 30.3 Å². The summed E-state index contributed by atoms with van der Waals surface area (Å²) in [7, 11) is 0. The van der Waals surface area contributed by atoms with Gasteiger partial charge in [0.05, 0.1) is 6.42 Å². The monoisotopic (exact) mass is 203 g/mol. The van der Waals surface area contributed by atoms with Crippen molar-refractivity contribution < 1.29 is 9.53 Å². The normalized spacial score (nSPS) is 28.0. The quantitative estimate of drug-likeness (QED) is 0.691. The molecule has 0 bridgehead atoms. The number of epoxide rings is 1. The molecule has 3 rings (SSSR count). The van der Waals surface area contributed by atoms with E-state index in [9.17, 15) is 4.79 Å². The molecule has 2 saturated heterocycles. The van der Waals surface area contributed by atoms with E-state index in [4.69, 9.17) is 4.74 Å². The molecule has 2 atom stereocenters. The number of hydrogen-bond acceptors (Lipinski definition) is 2. The average Bonchev–Trinajstić information content (AvgIpc) is 2.93. The third kappa shape index (κ3) is 1.63. The Morgan fingerprint density at radius 1 is 1.33 bits per heavy atom. The third-order valence-electron chi connectivity index (χ3n) is 3.04. The fraction of sp³-hybridized carbons (Fsp3) is 0.417. The highest BCUT2D eigenvalue weighted by atomic mass is 16.6. The summed E-state index contributed by atoms with van der Waals surface area (Å²) in [5.74, 6) is 0.243. The summed E-state index contributed by atoms with van der Waals surface area (Å²) in [5.41, 5.74) is 1.27. The molecule has 0 radical (unpaired) electrons. The highest BCUT2D eigenvalue weighted by molar-refractivity contribution is 5.80. The van der Waals surface area contributed by atoms with Crippen LogP contribution < -0.4 is 0 Å². The van der Waals surface area contributed by atoms with Crippen molar-refractivity contribution in [3.63, 3.8) is 0 Å². The number of amides is 1. The standard InChI is InChI=1S/C12H13NO2/c14-11-8-10-12(15-10)13(11)7-6-9-4-2-1-3-5-9/h1-5,10,12H,6-8H2/t10-,12-/m0/s1. The van der Waals surface area contributed by atoms with Crippen LogP contribution in [0.5, 0.6) is 0 Å². The minimum absolute atomic E-state index is 0.0983. The molecule has 2 heterocycles. The van der Waals surface area contributed by atoms with Crippen LogP contribution in [0.2, 0.25) is 0 Å². The predicted octanol–water partition coefficient (Wildman–Crippen LogP) is 1.19. The van der Waals surface area contributed by atoms with Gasteiger partial charge in [0.1, 0.15) is 6.10 Å². The second-order valence-electron chi connectivity index (χ2n) is 4.09. The van der Waals surface area contributed by atoms with Gasteiger partial charge in [0.15, 0.2) is 6.23 Å². The minimum Gasteiger partial charge on any atom is -0.347 e. The highest BCUT2D eigenvalue weighted by Crippen LogP contribution is 2.36. The molecule has 0 N–H and O–H groups in total. The van der Waals surface area contributed by atoms with Crippen LogP contribution in [0.25, 0.3) is 0 Å². The smallest absolute Gasteiger partial charge is 0.227 e. The fourth-order valence-corrected chi connectivity index (χ4v) is 2.13. The molecule has 2 aliphatic rings. The lowest BCUT2D eigenvalue weighted by Gasteiger charge is -2.16. The summed E-state index contributed by atoms with van der Waals surface area (Å²) < 4.78 is 5.33. The lowest BCUT2D eigenvalue weighted by Crippen LogP contribution is -2.30. The maximum Gasteiger partial charge on any atom is 0.227 e. The Hall–Kier alpha value is -1.35. The van der Waals surface area contributed by atoms with Crippen LogP contribution in [-0.4, -0.2) is 29.7 Å². The van der Waals surface area contributed by atoms with E-state index in [2.05, 4.69) is 12.1 Å². The zero-order valence-corrected chi connectivity index (χ0v) is 8.43. The average molecular weight is 203 g/mol. The number of hydrogen-bond donors (Lipinski definition) is 0. The van der Waals surface area contributed by atoms with E-state index in [-0.39, 0.29) is 18.2 Å². The molecular formula is C12H13NO2. The maximum absolute atomic E-state index is 11.5. The van der Waals surface area contributed by atoms with Gasteiger partial charge in [0.2, 0.25) is 5.91 Å².